The Bertz CT molecular complexity index is 1230. The molecule has 0 bridgehead atoms. The highest BCUT2D eigenvalue weighted by Gasteiger charge is 2.55. The number of aliphatic hydroxyl groups is 1. The van der Waals surface area contributed by atoms with Crippen LogP contribution in [-0.2, 0) is 21.6 Å². The highest BCUT2D eigenvalue weighted by Crippen LogP contribution is 2.59. The third kappa shape index (κ3) is 2.53. The van der Waals surface area contributed by atoms with Crippen molar-refractivity contribution in [2.45, 2.75) is 18.4 Å². The molecule has 2 aromatic rings. The monoisotopic (exact) mass is 413 g/mol. The summed E-state index contributed by atoms with van der Waals surface area (Å²) in [4.78, 5) is 14.7. The normalized spacial score (nSPS) is 22.3. The molecule has 2 aliphatic heterocycles. The fraction of sp³-hybridized carbons (Fsp3) is 0.192. The third-order valence-electron chi connectivity index (χ3n) is 6.18. The average molecular weight is 413 g/mol. The minimum absolute atomic E-state index is 0.179. The van der Waals surface area contributed by atoms with Crippen molar-refractivity contribution in [3.63, 3.8) is 0 Å². The van der Waals surface area contributed by atoms with Gasteiger partial charge in [-0.1, -0.05) is 37.4 Å². The molecule has 1 atom stereocenters. The van der Waals surface area contributed by atoms with Gasteiger partial charge in [0.25, 0.3) is 0 Å². The van der Waals surface area contributed by atoms with Gasteiger partial charge in [-0.25, -0.2) is 4.79 Å². The number of hydrogen-bond donors (Lipinski definition) is 1. The maximum Gasteiger partial charge on any atom is 0.339 e. The molecular formula is C26H23NO4. The molecule has 3 aliphatic rings. The first kappa shape index (κ1) is 19.2. The Morgan fingerprint density at radius 3 is 2.71 bits per heavy atom. The van der Waals surface area contributed by atoms with E-state index in [1.54, 1.807) is 18.2 Å². The average Bonchev–Trinajstić information content (AvgIpc) is 2.99. The molecule has 1 saturated heterocycles. The predicted molar refractivity (Wildman–Crippen MR) is 121 cm³/mol. The summed E-state index contributed by atoms with van der Waals surface area (Å²) in [5.41, 5.74) is 3.66. The maximum absolute atomic E-state index is 12.8. The zero-order valence-electron chi connectivity index (χ0n) is 17.6. The molecule has 1 spiro atoms. The molecule has 0 saturated carbocycles. The molecule has 1 fully saturated rings. The number of carbonyl (C=O) groups excluding carboxylic acids is 1. The number of ether oxygens (including phenoxy) is 2. The Labute approximate surface area is 181 Å². The highest BCUT2D eigenvalue weighted by atomic mass is 16.6. The standard InChI is InChI=1S/C26H23NO4/c1-5-7-18-15(2)25(29)31-26(18)19-13-11-17(27(3)4)14-22(19)30-24-20(26)12-10-16-8-6-9-21(28)23(16)24/h5,7,9-14,28H,1-2,6,8H2,3-4H3/b18-7+. The topological polar surface area (TPSA) is 59.0 Å². The van der Waals surface area contributed by atoms with E-state index in [1.807, 2.05) is 49.3 Å². The molecule has 1 unspecified atom stereocenters. The number of anilines is 1. The van der Waals surface area contributed by atoms with Crippen molar-refractivity contribution >= 4 is 17.4 Å². The van der Waals surface area contributed by atoms with Crippen molar-refractivity contribution in [2.24, 2.45) is 0 Å². The number of rotatable bonds is 2. The van der Waals surface area contributed by atoms with Crippen LogP contribution in [0.5, 0.6) is 11.5 Å². The van der Waals surface area contributed by atoms with Gasteiger partial charge in [-0.15, -0.1) is 0 Å². The van der Waals surface area contributed by atoms with Crippen LogP contribution in [0.4, 0.5) is 5.69 Å². The lowest BCUT2D eigenvalue weighted by Crippen LogP contribution is -2.33. The summed E-state index contributed by atoms with van der Waals surface area (Å²) in [6.45, 7) is 7.80. The summed E-state index contributed by atoms with van der Waals surface area (Å²) in [7, 11) is 3.90. The number of hydrogen-bond acceptors (Lipinski definition) is 5. The number of esters is 1. The first-order valence-corrected chi connectivity index (χ1v) is 10.2. The van der Waals surface area contributed by atoms with E-state index in [4.69, 9.17) is 9.47 Å². The fourth-order valence-electron chi connectivity index (χ4n) is 4.70. The number of fused-ring (bicyclic) bond motifs is 6. The Morgan fingerprint density at radius 1 is 1.19 bits per heavy atom. The maximum atomic E-state index is 12.8. The van der Waals surface area contributed by atoms with Crippen molar-refractivity contribution in [3.8, 4) is 11.5 Å². The van der Waals surface area contributed by atoms with E-state index in [0.717, 1.165) is 24.1 Å². The molecule has 2 heterocycles. The van der Waals surface area contributed by atoms with Crippen LogP contribution in [0, 0.1) is 0 Å². The van der Waals surface area contributed by atoms with Gasteiger partial charge >= 0.3 is 5.97 Å². The van der Waals surface area contributed by atoms with E-state index < -0.39 is 11.6 Å². The molecule has 0 aromatic heterocycles. The SMILES string of the molecule is C=C/C=C1\C(=C)C(=O)OC12c1ccc(N(C)C)cc1Oc1c2ccc2c1C(O)=CCC2. The van der Waals surface area contributed by atoms with Crippen LogP contribution in [0.3, 0.4) is 0 Å². The first-order chi connectivity index (χ1) is 14.9. The van der Waals surface area contributed by atoms with Crippen LogP contribution in [0.1, 0.15) is 28.7 Å². The van der Waals surface area contributed by atoms with Gasteiger partial charge in [0, 0.05) is 42.5 Å². The van der Waals surface area contributed by atoms with Crippen molar-refractivity contribution < 1.29 is 19.4 Å². The van der Waals surface area contributed by atoms with Crippen LogP contribution in [-0.4, -0.2) is 25.2 Å². The number of aryl methyl sites for hydroxylation is 1. The van der Waals surface area contributed by atoms with Gasteiger partial charge in [0.2, 0.25) is 0 Å². The molecule has 31 heavy (non-hydrogen) atoms. The highest BCUT2D eigenvalue weighted by molar-refractivity contribution is 5.99. The number of allylic oxidation sites excluding steroid dienone is 3. The smallest absolute Gasteiger partial charge is 0.339 e. The number of benzene rings is 2. The van der Waals surface area contributed by atoms with E-state index in [9.17, 15) is 9.90 Å². The lowest BCUT2D eigenvalue weighted by Gasteiger charge is -2.38. The van der Waals surface area contributed by atoms with Crippen molar-refractivity contribution in [1.82, 2.24) is 0 Å². The molecule has 1 aliphatic carbocycles. The van der Waals surface area contributed by atoms with Gasteiger partial charge < -0.3 is 19.5 Å². The third-order valence-corrected chi connectivity index (χ3v) is 6.18. The molecule has 5 nitrogen and oxygen atoms in total. The van der Waals surface area contributed by atoms with E-state index >= 15 is 0 Å². The lowest BCUT2D eigenvalue weighted by atomic mass is 9.75. The number of nitrogens with zero attached hydrogens (tertiary/aromatic N) is 1. The van der Waals surface area contributed by atoms with Gasteiger partial charge in [0.1, 0.15) is 17.3 Å². The summed E-state index contributed by atoms with van der Waals surface area (Å²) in [6.07, 6.45) is 6.75. The predicted octanol–water partition coefficient (Wildman–Crippen LogP) is 5.17. The van der Waals surface area contributed by atoms with Crippen molar-refractivity contribution in [3.05, 3.63) is 95.1 Å². The summed E-state index contributed by atoms with van der Waals surface area (Å²) in [5, 5.41) is 10.7. The van der Waals surface area contributed by atoms with Crippen LogP contribution in [0.15, 0.2) is 72.9 Å². The van der Waals surface area contributed by atoms with E-state index in [-0.39, 0.29) is 11.3 Å². The molecule has 2 aromatic carbocycles. The Balaban J connectivity index is 1.89. The zero-order valence-corrected chi connectivity index (χ0v) is 17.6. The molecule has 0 radical (unpaired) electrons. The summed E-state index contributed by atoms with van der Waals surface area (Å²) in [5.74, 6) is 0.772. The summed E-state index contributed by atoms with van der Waals surface area (Å²) >= 11 is 0. The molecule has 156 valence electrons. The molecule has 5 heteroatoms. The van der Waals surface area contributed by atoms with Crippen LogP contribution < -0.4 is 9.64 Å². The molecule has 1 N–H and O–H groups in total. The van der Waals surface area contributed by atoms with Gasteiger partial charge in [-0.2, -0.15) is 0 Å². The Hall–Kier alpha value is -3.73. The largest absolute Gasteiger partial charge is 0.508 e. The van der Waals surface area contributed by atoms with Crippen LogP contribution >= 0.6 is 0 Å². The van der Waals surface area contributed by atoms with Crippen molar-refractivity contribution in [2.75, 3.05) is 19.0 Å². The number of carbonyl (C=O) groups is 1. The van der Waals surface area contributed by atoms with Gasteiger partial charge in [0.15, 0.2) is 5.60 Å². The van der Waals surface area contributed by atoms with E-state index in [2.05, 4.69) is 13.2 Å². The summed E-state index contributed by atoms with van der Waals surface area (Å²) < 4.78 is 12.5. The lowest BCUT2D eigenvalue weighted by molar-refractivity contribution is -0.143. The minimum atomic E-state index is -1.22. The van der Waals surface area contributed by atoms with Crippen LogP contribution in [0.2, 0.25) is 0 Å². The fourth-order valence-corrected chi connectivity index (χ4v) is 4.70. The molecular weight excluding hydrogens is 390 g/mol. The van der Waals surface area contributed by atoms with Crippen LogP contribution in [0.25, 0.3) is 5.76 Å². The van der Waals surface area contributed by atoms with Crippen molar-refractivity contribution in [1.29, 1.82) is 0 Å². The second-order valence-corrected chi connectivity index (χ2v) is 8.15. The van der Waals surface area contributed by atoms with E-state index in [0.29, 0.717) is 33.8 Å². The molecule has 5 rings (SSSR count). The Morgan fingerprint density at radius 2 is 1.97 bits per heavy atom. The Kier molecular flexibility index (Phi) is 4.12. The number of aliphatic hydroxyl groups excluding tert-OH is 1. The van der Waals surface area contributed by atoms with Gasteiger partial charge in [-0.05, 0) is 36.6 Å². The second-order valence-electron chi connectivity index (χ2n) is 8.15. The van der Waals surface area contributed by atoms with E-state index in [1.165, 1.54) is 0 Å². The molecule has 0 amide bonds. The second kappa shape index (κ2) is 6.64. The zero-order chi connectivity index (χ0) is 21.9. The quantitative estimate of drug-likeness (QED) is 0.544. The minimum Gasteiger partial charge on any atom is -0.508 e. The van der Waals surface area contributed by atoms with Gasteiger partial charge in [-0.3, -0.25) is 0 Å². The van der Waals surface area contributed by atoms with Gasteiger partial charge in [0.05, 0.1) is 11.1 Å². The first-order valence-electron chi connectivity index (χ1n) is 10.2. The summed E-state index contributed by atoms with van der Waals surface area (Å²) in [6, 6.07) is 9.71.